The molecule has 2 aliphatic heterocycles. The Morgan fingerprint density at radius 2 is 1.76 bits per heavy atom. The van der Waals surface area contributed by atoms with Gasteiger partial charge in [-0.1, -0.05) is 6.07 Å². The molecule has 0 unspecified atom stereocenters. The van der Waals surface area contributed by atoms with E-state index in [2.05, 4.69) is 19.9 Å². The maximum atomic E-state index is 13.8. The lowest BCUT2D eigenvalue weighted by molar-refractivity contribution is -0.166. The maximum Gasteiger partial charge on any atom is 0.303 e. The van der Waals surface area contributed by atoms with Crippen LogP contribution >= 0.6 is 11.6 Å². The number of fused-ring (bicyclic) bond motifs is 2. The molecule has 0 saturated carbocycles. The van der Waals surface area contributed by atoms with Crippen LogP contribution in [-0.4, -0.2) is 75.4 Å². The van der Waals surface area contributed by atoms with Crippen LogP contribution in [0.15, 0.2) is 24.5 Å². The SMILES string of the molecule is CC(=O)OC[C@H]1O[C@@H](n2cnc3c(N4CC5(Cc6ccc(F)cc6C5)C4)nc(Cl)nc32)[C@H](OC(C)=O)[C@@H]1OC(C)=O. The van der Waals surface area contributed by atoms with Crippen LogP contribution in [0.2, 0.25) is 5.28 Å². The normalized spacial score (nSPS) is 24.3. The van der Waals surface area contributed by atoms with E-state index < -0.39 is 42.4 Å². The molecule has 3 aromatic rings. The Hall–Kier alpha value is -3.84. The van der Waals surface area contributed by atoms with E-state index in [1.54, 1.807) is 6.07 Å². The molecule has 2 aromatic heterocycles. The molecule has 1 aromatic carbocycles. The molecule has 1 spiro atoms. The van der Waals surface area contributed by atoms with E-state index >= 15 is 0 Å². The van der Waals surface area contributed by atoms with Gasteiger partial charge in [0.15, 0.2) is 35.4 Å². The molecule has 3 aliphatic rings. The van der Waals surface area contributed by atoms with E-state index in [1.807, 2.05) is 6.07 Å². The third-order valence-electron chi connectivity index (χ3n) is 7.64. The first-order chi connectivity index (χ1) is 19.5. The maximum absolute atomic E-state index is 13.8. The van der Waals surface area contributed by atoms with Gasteiger partial charge in [-0.3, -0.25) is 19.0 Å². The highest BCUT2D eigenvalue weighted by Gasteiger charge is 2.52. The van der Waals surface area contributed by atoms with Gasteiger partial charge in [-0.15, -0.1) is 0 Å². The zero-order chi connectivity index (χ0) is 29.1. The van der Waals surface area contributed by atoms with Crippen LogP contribution in [0.25, 0.3) is 11.2 Å². The zero-order valence-corrected chi connectivity index (χ0v) is 23.3. The van der Waals surface area contributed by atoms with Crippen LogP contribution in [0.1, 0.15) is 38.1 Å². The van der Waals surface area contributed by atoms with E-state index in [4.69, 9.17) is 30.5 Å². The van der Waals surface area contributed by atoms with E-state index in [1.165, 1.54) is 37.7 Å². The molecule has 12 nitrogen and oxygen atoms in total. The fraction of sp³-hybridized carbons (Fsp3) is 0.481. The number of imidazole rings is 1. The first-order valence-electron chi connectivity index (χ1n) is 13.1. The average molecular weight is 588 g/mol. The van der Waals surface area contributed by atoms with Crippen molar-refractivity contribution in [3.8, 4) is 0 Å². The molecule has 216 valence electrons. The number of anilines is 1. The van der Waals surface area contributed by atoms with E-state index in [-0.39, 0.29) is 23.1 Å². The Bertz CT molecular complexity index is 1560. The van der Waals surface area contributed by atoms with Crippen molar-refractivity contribution in [3.05, 3.63) is 46.8 Å². The Labute approximate surface area is 238 Å². The van der Waals surface area contributed by atoms with Crippen LogP contribution in [-0.2, 0) is 46.2 Å². The number of hydrogen-bond donors (Lipinski definition) is 0. The van der Waals surface area contributed by atoms with Gasteiger partial charge in [-0.25, -0.2) is 9.37 Å². The van der Waals surface area contributed by atoms with Gasteiger partial charge in [0.2, 0.25) is 5.28 Å². The highest BCUT2D eigenvalue weighted by molar-refractivity contribution is 6.28. The number of halogens is 2. The fourth-order valence-corrected chi connectivity index (χ4v) is 6.30. The van der Waals surface area contributed by atoms with Crippen molar-refractivity contribution in [2.24, 2.45) is 5.41 Å². The molecule has 4 atom stereocenters. The number of aromatic nitrogens is 4. The summed E-state index contributed by atoms with van der Waals surface area (Å²) in [5.41, 5.74) is 2.92. The van der Waals surface area contributed by atoms with Crippen LogP contribution < -0.4 is 4.90 Å². The van der Waals surface area contributed by atoms with Crippen LogP contribution in [0.3, 0.4) is 0 Å². The van der Waals surface area contributed by atoms with Crippen molar-refractivity contribution in [2.45, 2.75) is 58.2 Å². The molecule has 0 N–H and O–H groups in total. The first-order valence-corrected chi connectivity index (χ1v) is 13.5. The number of rotatable bonds is 6. The predicted molar refractivity (Wildman–Crippen MR) is 140 cm³/mol. The Balaban J connectivity index is 1.30. The summed E-state index contributed by atoms with van der Waals surface area (Å²) in [6, 6.07) is 4.95. The summed E-state index contributed by atoms with van der Waals surface area (Å²) in [6.07, 6.45) is -1.06. The van der Waals surface area contributed by atoms with Gasteiger partial charge in [0.25, 0.3) is 0 Å². The summed E-state index contributed by atoms with van der Waals surface area (Å²) < 4.78 is 37.6. The fourth-order valence-electron chi connectivity index (χ4n) is 6.14. The van der Waals surface area contributed by atoms with Gasteiger partial charge < -0.3 is 23.8 Å². The van der Waals surface area contributed by atoms with Crippen molar-refractivity contribution in [1.29, 1.82) is 0 Å². The minimum Gasteiger partial charge on any atom is -0.463 e. The van der Waals surface area contributed by atoms with Crippen LogP contribution in [0.4, 0.5) is 10.2 Å². The molecule has 0 bridgehead atoms. The molecule has 41 heavy (non-hydrogen) atoms. The van der Waals surface area contributed by atoms with Crippen LogP contribution in [0.5, 0.6) is 0 Å². The number of esters is 3. The minimum absolute atomic E-state index is 0.0259. The molecule has 6 rings (SSSR count). The van der Waals surface area contributed by atoms with Crippen LogP contribution in [0, 0.1) is 11.2 Å². The van der Waals surface area contributed by atoms with Crippen molar-refractivity contribution < 1.29 is 37.7 Å². The standard InChI is InChI=1S/C27H27ClFN5O7/c1-13(35)38-9-19-21(39-14(2)36)22(40-15(3)37)25(41-19)34-12-30-20-23(31-26(28)32-24(20)34)33-10-27(11-33)7-16-4-5-18(29)6-17(16)8-27/h4-6,12,19,21-22,25H,7-11H2,1-3H3/t19-,21-,22-,25-/m1/s1. The molecule has 14 heteroatoms. The topological polar surface area (TPSA) is 135 Å². The monoisotopic (exact) mass is 587 g/mol. The lowest BCUT2D eigenvalue weighted by Gasteiger charge is -2.49. The second-order valence-corrected chi connectivity index (χ2v) is 11.1. The predicted octanol–water partition coefficient (Wildman–Crippen LogP) is 2.55. The third kappa shape index (κ3) is 5.08. The van der Waals surface area contributed by atoms with Gasteiger partial charge in [0, 0.05) is 39.3 Å². The molecule has 4 heterocycles. The van der Waals surface area contributed by atoms with Gasteiger partial charge in [-0.2, -0.15) is 9.97 Å². The quantitative estimate of drug-likeness (QED) is 0.239. The summed E-state index contributed by atoms with van der Waals surface area (Å²) in [7, 11) is 0. The molecule has 2 fully saturated rings. The number of ether oxygens (including phenoxy) is 4. The van der Waals surface area contributed by atoms with Gasteiger partial charge in [-0.05, 0) is 47.7 Å². The van der Waals surface area contributed by atoms with E-state index in [0.717, 1.165) is 24.0 Å². The first kappa shape index (κ1) is 27.3. The third-order valence-corrected chi connectivity index (χ3v) is 7.81. The number of nitrogens with zero attached hydrogens (tertiary/aromatic N) is 5. The summed E-state index contributed by atoms with van der Waals surface area (Å²) >= 11 is 6.37. The van der Waals surface area contributed by atoms with Gasteiger partial charge >= 0.3 is 17.9 Å². The Kier molecular flexibility index (Phi) is 6.81. The Morgan fingerprint density at radius 1 is 1.05 bits per heavy atom. The van der Waals surface area contributed by atoms with Crippen molar-refractivity contribution in [3.63, 3.8) is 0 Å². The van der Waals surface area contributed by atoms with Crippen molar-refractivity contribution in [2.75, 3.05) is 24.6 Å². The lowest BCUT2D eigenvalue weighted by atomic mass is 9.77. The van der Waals surface area contributed by atoms with Crippen molar-refractivity contribution in [1.82, 2.24) is 19.5 Å². The lowest BCUT2D eigenvalue weighted by Crippen LogP contribution is -2.57. The molecule has 1 aliphatic carbocycles. The largest absolute Gasteiger partial charge is 0.463 e. The summed E-state index contributed by atoms with van der Waals surface area (Å²) in [6.45, 7) is 4.79. The number of carbonyl (C=O) groups excluding carboxylic acids is 3. The highest BCUT2D eigenvalue weighted by Crippen LogP contribution is 2.46. The number of benzene rings is 1. The summed E-state index contributed by atoms with van der Waals surface area (Å²) in [5, 5.41) is -0.0259. The Morgan fingerprint density at radius 3 is 2.46 bits per heavy atom. The molecule has 0 radical (unpaired) electrons. The molecule has 0 amide bonds. The van der Waals surface area contributed by atoms with E-state index in [9.17, 15) is 18.8 Å². The second-order valence-electron chi connectivity index (χ2n) is 10.8. The smallest absolute Gasteiger partial charge is 0.303 e. The summed E-state index contributed by atoms with van der Waals surface area (Å²) in [4.78, 5) is 50.9. The minimum atomic E-state index is -1.10. The zero-order valence-electron chi connectivity index (χ0n) is 22.5. The number of hydrogen-bond acceptors (Lipinski definition) is 11. The summed E-state index contributed by atoms with van der Waals surface area (Å²) in [5.74, 6) is -1.52. The molecule has 2 saturated heterocycles. The van der Waals surface area contributed by atoms with Gasteiger partial charge in [0.05, 0.1) is 6.33 Å². The average Bonchev–Trinajstić information content (AvgIpc) is 3.54. The highest BCUT2D eigenvalue weighted by atomic mass is 35.5. The van der Waals surface area contributed by atoms with E-state index in [0.29, 0.717) is 30.1 Å². The van der Waals surface area contributed by atoms with Crippen molar-refractivity contribution >= 4 is 46.5 Å². The van der Waals surface area contributed by atoms with Gasteiger partial charge in [0.1, 0.15) is 18.5 Å². The second kappa shape index (κ2) is 10.2. The number of carbonyl (C=O) groups is 3. The molecular formula is C27H27ClFN5O7. The molecular weight excluding hydrogens is 561 g/mol.